The molecule has 1 aromatic carbocycles. The maximum atomic E-state index is 13.0. The third kappa shape index (κ3) is 6.14. The molecule has 0 aliphatic carbocycles. The van der Waals surface area contributed by atoms with Crippen LogP contribution in [-0.4, -0.2) is 59.4 Å². The maximum absolute atomic E-state index is 13.0. The van der Waals surface area contributed by atoms with E-state index in [0.29, 0.717) is 26.2 Å². The highest BCUT2D eigenvalue weighted by molar-refractivity contribution is 7.90. The van der Waals surface area contributed by atoms with Gasteiger partial charge in [-0.2, -0.15) is 0 Å². The largest absolute Gasteiger partial charge is 0.395 e. The SMILES string of the molecule is CC(C)Cn1c(CN(CCO)CCO)cnc1S(=O)(=O)Cc1ccccc1. The maximum Gasteiger partial charge on any atom is 0.228 e. The van der Waals surface area contributed by atoms with Gasteiger partial charge < -0.3 is 14.8 Å². The predicted molar refractivity (Wildman–Crippen MR) is 104 cm³/mol. The van der Waals surface area contributed by atoms with Crippen molar-refractivity contribution in [2.24, 2.45) is 5.92 Å². The molecule has 2 rings (SSSR count). The van der Waals surface area contributed by atoms with Gasteiger partial charge in [-0.1, -0.05) is 44.2 Å². The minimum Gasteiger partial charge on any atom is -0.395 e. The third-order valence-corrected chi connectivity index (χ3v) is 5.74. The van der Waals surface area contributed by atoms with Crippen LogP contribution in [0.1, 0.15) is 25.1 Å². The average molecular weight is 396 g/mol. The smallest absolute Gasteiger partial charge is 0.228 e. The summed E-state index contributed by atoms with van der Waals surface area (Å²) < 4.78 is 27.7. The van der Waals surface area contributed by atoms with E-state index in [2.05, 4.69) is 4.98 Å². The zero-order valence-electron chi connectivity index (χ0n) is 16.0. The first kappa shape index (κ1) is 21.6. The Hall–Kier alpha value is -1.74. The lowest BCUT2D eigenvalue weighted by molar-refractivity contribution is 0.153. The average Bonchev–Trinajstić information content (AvgIpc) is 2.98. The van der Waals surface area contributed by atoms with Crippen LogP contribution < -0.4 is 0 Å². The van der Waals surface area contributed by atoms with Crippen LogP contribution in [0.3, 0.4) is 0 Å². The fourth-order valence-corrected chi connectivity index (χ4v) is 4.47. The number of rotatable bonds is 11. The zero-order valence-corrected chi connectivity index (χ0v) is 16.8. The molecule has 1 aromatic heterocycles. The molecule has 0 bridgehead atoms. The van der Waals surface area contributed by atoms with Crippen molar-refractivity contribution >= 4 is 9.84 Å². The van der Waals surface area contributed by atoms with Crippen LogP contribution in [0.2, 0.25) is 0 Å². The van der Waals surface area contributed by atoms with Crippen LogP contribution in [-0.2, 0) is 28.7 Å². The molecule has 0 unspecified atom stereocenters. The molecule has 0 radical (unpaired) electrons. The van der Waals surface area contributed by atoms with E-state index in [0.717, 1.165) is 11.3 Å². The number of aliphatic hydroxyl groups is 2. The fraction of sp³-hybridized carbons (Fsp3) is 0.526. The highest BCUT2D eigenvalue weighted by atomic mass is 32.2. The Kier molecular flexibility index (Phi) is 7.97. The molecule has 8 heteroatoms. The molecule has 2 N–H and O–H groups in total. The van der Waals surface area contributed by atoms with Gasteiger partial charge in [-0.3, -0.25) is 4.90 Å². The fourth-order valence-electron chi connectivity index (χ4n) is 2.97. The Morgan fingerprint density at radius 2 is 1.74 bits per heavy atom. The summed E-state index contributed by atoms with van der Waals surface area (Å²) in [6.07, 6.45) is 1.59. The van der Waals surface area contributed by atoms with Crippen LogP contribution in [0.5, 0.6) is 0 Å². The van der Waals surface area contributed by atoms with Crippen LogP contribution >= 0.6 is 0 Å². The lowest BCUT2D eigenvalue weighted by Gasteiger charge is -2.22. The second-order valence-electron chi connectivity index (χ2n) is 7.00. The highest BCUT2D eigenvalue weighted by Crippen LogP contribution is 2.20. The molecule has 0 atom stereocenters. The van der Waals surface area contributed by atoms with E-state index in [1.807, 2.05) is 36.9 Å². The van der Waals surface area contributed by atoms with Crippen molar-refractivity contribution in [1.29, 1.82) is 0 Å². The van der Waals surface area contributed by atoms with Crippen LogP contribution in [0.4, 0.5) is 0 Å². The van der Waals surface area contributed by atoms with E-state index in [4.69, 9.17) is 0 Å². The van der Waals surface area contributed by atoms with Crippen molar-refractivity contribution in [2.75, 3.05) is 26.3 Å². The van der Waals surface area contributed by atoms with Crippen LogP contribution in [0.15, 0.2) is 41.7 Å². The molecule has 0 fully saturated rings. The highest BCUT2D eigenvalue weighted by Gasteiger charge is 2.25. The minimum absolute atomic E-state index is 0.0303. The summed E-state index contributed by atoms with van der Waals surface area (Å²) in [5.41, 5.74) is 1.48. The van der Waals surface area contributed by atoms with Crippen molar-refractivity contribution in [3.8, 4) is 0 Å². The molecule has 150 valence electrons. The minimum atomic E-state index is -3.59. The summed E-state index contributed by atoms with van der Waals surface area (Å²) in [5.74, 6) is 0.145. The van der Waals surface area contributed by atoms with Crippen LogP contribution in [0.25, 0.3) is 0 Å². The second kappa shape index (κ2) is 9.98. The molecule has 0 amide bonds. The summed E-state index contributed by atoms with van der Waals surface area (Å²) in [7, 11) is -3.59. The first-order chi connectivity index (χ1) is 12.9. The van der Waals surface area contributed by atoms with E-state index in [-0.39, 0.29) is 30.0 Å². The number of nitrogens with zero attached hydrogens (tertiary/aromatic N) is 3. The Bertz CT molecular complexity index is 798. The van der Waals surface area contributed by atoms with Gasteiger partial charge in [0.2, 0.25) is 15.0 Å². The van der Waals surface area contributed by atoms with Crippen molar-refractivity contribution < 1.29 is 18.6 Å². The number of aromatic nitrogens is 2. The van der Waals surface area contributed by atoms with Crippen LogP contribution in [0, 0.1) is 5.92 Å². The van der Waals surface area contributed by atoms with Gasteiger partial charge >= 0.3 is 0 Å². The molecular formula is C19H29N3O4S. The molecule has 1 heterocycles. The van der Waals surface area contributed by atoms with Gasteiger partial charge in [0, 0.05) is 26.2 Å². The molecular weight excluding hydrogens is 366 g/mol. The van der Waals surface area contributed by atoms with E-state index >= 15 is 0 Å². The summed E-state index contributed by atoms with van der Waals surface area (Å²) in [5, 5.41) is 18.5. The third-order valence-electron chi connectivity index (χ3n) is 4.15. The van der Waals surface area contributed by atoms with Gasteiger partial charge in [0.05, 0.1) is 30.9 Å². The number of benzene rings is 1. The topological polar surface area (TPSA) is 95.7 Å². The monoisotopic (exact) mass is 395 g/mol. The Morgan fingerprint density at radius 1 is 1.11 bits per heavy atom. The van der Waals surface area contributed by atoms with Gasteiger partial charge in [0.25, 0.3) is 0 Å². The summed E-state index contributed by atoms with van der Waals surface area (Å²) >= 11 is 0. The number of hydrogen-bond acceptors (Lipinski definition) is 6. The summed E-state index contributed by atoms with van der Waals surface area (Å²) in [4.78, 5) is 6.11. The molecule has 2 aromatic rings. The Morgan fingerprint density at radius 3 is 2.30 bits per heavy atom. The number of aliphatic hydroxyl groups excluding tert-OH is 2. The molecule has 27 heavy (non-hydrogen) atoms. The van der Waals surface area contributed by atoms with Gasteiger partial charge in [-0.05, 0) is 11.5 Å². The van der Waals surface area contributed by atoms with Crippen molar-refractivity contribution in [3.05, 3.63) is 47.8 Å². The molecule has 7 nitrogen and oxygen atoms in total. The molecule has 0 spiro atoms. The quantitative estimate of drug-likeness (QED) is 0.595. The van der Waals surface area contributed by atoms with Crippen molar-refractivity contribution in [2.45, 2.75) is 37.8 Å². The van der Waals surface area contributed by atoms with Gasteiger partial charge in [-0.15, -0.1) is 0 Å². The van der Waals surface area contributed by atoms with E-state index in [9.17, 15) is 18.6 Å². The number of sulfone groups is 1. The van der Waals surface area contributed by atoms with Crippen molar-refractivity contribution in [3.63, 3.8) is 0 Å². The molecule has 0 aliphatic rings. The molecule has 0 aliphatic heterocycles. The standard InChI is InChI=1S/C19H29N3O4S/c1-16(2)13-22-18(14-21(8-10-23)9-11-24)12-20-19(22)27(25,26)15-17-6-4-3-5-7-17/h3-7,12,16,23-24H,8-11,13-15H2,1-2H3. The number of hydrogen-bond donors (Lipinski definition) is 2. The first-order valence-electron chi connectivity index (χ1n) is 9.12. The van der Waals surface area contributed by atoms with Gasteiger partial charge in [0.15, 0.2) is 0 Å². The second-order valence-corrected chi connectivity index (χ2v) is 8.89. The zero-order chi connectivity index (χ0) is 19.9. The van der Waals surface area contributed by atoms with Crippen molar-refractivity contribution in [1.82, 2.24) is 14.5 Å². The van der Waals surface area contributed by atoms with E-state index in [1.165, 1.54) is 0 Å². The van der Waals surface area contributed by atoms with Gasteiger partial charge in [0.1, 0.15) is 0 Å². The van der Waals surface area contributed by atoms with Gasteiger partial charge in [-0.25, -0.2) is 13.4 Å². The first-order valence-corrected chi connectivity index (χ1v) is 10.8. The Balaban J connectivity index is 2.34. The normalized spacial score (nSPS) is 12.2. The predicted octanol–water partition coefficient (Wildman–Crippen LogP) is 1.30. The Labute approximate surface area is 161 Å². The van der Waals surface area contributed by atoms with E-state index < -0.39 is 9.84 Å². The summed E-state index contributed by atoms with van der Waals surface area (Å²) in [6, 6.07) is 9.07. The number of imidazole rings is 1. The van der Waals surface area contributed by atoms with E-state index in [1.54, 1.807) is 22.9 Å². The lowest BCUT2D eigenvalue weighted by Crippen LogP contribution is -2.30. The molecule has 0 saturated heterocycles. The molecule has 0 saturated carbocycles. The summed E-state index contributed by atoms with van der Waals surface area (Å²) in [6.45, 7) is 5.74. The lowest BCUT2D eigenvalue weighted by atomic mass is 10.2.